The molecule has 4 atom stereocenters. The van der Waals surface area contributed by atoms with Gasteiger partial charge in [0, 0.05) is 0 Å². The molecule has 0 heterocycles. The number of hydrogen-bond donors (Lipinski definition) is 0. The van der Waals surface area contributed by atoms with Crippen molar-refractivity contribution in [2.45, 2.75) is 110 Å². The molecule has 0 spiro atoms. The van der Waals surface area contributed by atoms with Crippen LogP contribution in [0.15, 0.2) is 42.5 Å². The monoisotopic (exact) mass is 448 g/mol. The number of hydrogen-bond acceptors (Lipinski definition) is 0. The molecule has 0 aliphatic heterocycles. The lowest BCUT2D eigenvalue weighted by Gasteiger charge is -2.42. The van der Waals surface area contributed by atoms with E-state index in [1.165, 1.54) is 88.0 Å². The molecule has 0 saturated heterocycles. The second-order valence-electron chi connectivity index (χ2n) is 11.1. The lowest BCUT2D eigenvalue weighted by Crippen LogP contribution is -2.30. The average molecular weight is 449 g/mol. The second kappa shape index (κ2) is 12.2. The summed E-state index contributed by atoms with van der Waals surface area (Å²) in [5.41, 5.74) is 2.29. The maximum atomic E-state index is 14.7. The Labute approximate surface area is 202 Å². The first-order chi connectivity index (χ1) is 16.2. The smallest absolute Gasteiger partial charge is 0.127 e. The Kier molecular flexibility index (Phi) is 9.04. The summed E-state index contributed by atoms with van der Waals surface area (Å²) < 4.78 is 14.7. The average Bonchev–Trinajstić information content (AvgIpc) is 2.83. The van der Waals surface area contributed by atoms with Gasteiger partial charge in [-0.05, 0) is 110 Å². The Morgan fingerprint density at radius 1 is 0.879 bits per heavy atom. The fourth-order valence-corrected chi connectivity index (χ4v) is 6.77. The van der Waals surface area contributed by atoms with Crippen molar-refractivity contribution in [3.8, 4) is 0 Å². The van der Waals surface area contributed by atoms with Crippen molar-refractivity contribution in [1.82, 2.24) is 0 Å². The van der Waals surface area contributed by atoms with Gasteiger partial charge in [-0.15, -0.1) is 0 Å². The van der Waals surface area contributed by atoms with Crippen molar-refractivity contribution in [1.29, 1.82) is 0 Å². The zero-order chi connectivity index (χ0) is 23.0. The van der Waals surface area contributed by atoms with Gasteiger partial charge in [-0.25, -0.2) is 4.39 Å². The van der Waals surface area contributed by atoms with E-state index >= 15 is 0 Å². The summed E-state index contributed by atoms with van der Waals surface area (Å²) >= 11 is 0. The number of unbranched alkanes of at least 4 members (excludes halogenated alkanes) is 4. The van der Waals surface area contributed by atoms with E-state index in [-0.39, 0.29) is 5.82 Å². The number of fused-ring (bicyclic) bond motifs is 2. The van der Waals surface area contributed by atoms with Crippen LogP contribution in [0.1, 0.15) is 114 Å². The lowest BCUT2D eigenvalue weighted by molar-refractivity contribution is 0.113. The van der Waals surface area contributed by atoms with Crippen LogP contribution in [-0.4, -0.2) is 0 Å². The molecule has 0 radical (unpaired) electrons. The fourth-order valence-electron chi connectivity index (χ4n) is 6.77. The molecule has 4 unspecified atom stereocenters. The SMILES string of the molecule is CC=CCCc1cc2ccc(C3CCC4CC(CCCCCCC)CCC4C3)cc2cc1F. The van der Waals surface area contributed by atoms with Gasteiger partial charge in [-0.3, -0.25) is 0 Å². The minimum atomic E-state index is -0.0409. The number of rotatable bonds is 10. The molecule has 2 saturated carbocycles. The van der Waals surface area contributed by atoms with Crippen LogP contribution in [0.5, 0.6) is 0 Å². The van der Waals surface area contributed by atoms with Crippen LogP contribution in [0, 0.1) is 23.6 Å². The van der Waals surface area contributed by atoms with Crippen LogP contribution in [0.4, 0.5) is 4.39 Å². The zero-order valence-corrected chi connectivity index (χ0v) is 21.1. The van der Waals surface area contributed by atoms with Crippen molar-refractivity contribution >= 4 is 10.8 Å². The van der Waals surface area contributed by atoms with Gasteiger partial charge in [0.1, 0.15) is 5.82 Å². The summed E-state index contributed by atoms with van der Waals surface area (Å²) in [6.45, 7) is 4.32. The van der Waals surface area contributed by atoms with Gasteiger partial charge in [-0.2, -0.15) is 0 Å². The minimum absolute atomic E-state index is 0.0409. The maximum Gasteiger partial charge on any atom is 0.127 e. The Morgan fingerprint density at radius 3 is 2.55 bits per heavy atom. The first-order valence-corrected chi connectivity index (χ1v) is 14.0. The first-order valence-electron chi connectivity index (χ1n) is 14.0. The lowest BCUT2D eigenvalue weighted by atomic mass is 9.63. The van der Waals surface area contributed by atoms with E-state index in [9.17, 15) is 4.39 Å². The third-order valence-electron chi connectivity index (χ3n) is 8.75. The van der Waals surface area contributed by atoms with Crippen molar-refractivity contribution in [2.24, 2.45) is 17.8 Å². The van der Waals surface area contributed by atoms with Crippen molar-refractivity contribution < 1.29 is 4.39 Å². The quantitative estimate of drug-likeness (QED) is 0.250. The van der Waals surface area contributed by atoms with E-state index in [2.05, 4.69) is 37.3 Å². The molecule has 0 N–H and O–H groups in total. The second-order valence-corrected chi connectivity index (χ2v) is 11.1. The number of halogens is 1. The fraction of sp³-hybridized carbons (Fsp3) is 0.625. The third kappa shape index (κ3) is 6.49. The predicted octanol–water partition coefficient (Wildman–Crippen LogP) is 10.1. The number of allylic oxidation sites excluding steroid dienone is 2. The molecule has 1 heteroatoms. The number of aryl methyl sites for hydroxylation is 1. The zero-order valence-electron chi connectivity index (χ0n) is 21.1. The van der Waals surface area contributed by atoms with Gasteiger partial charge in [0.2, 0.25) is 0 Å². The molecule has 180 valence electrons. The van der Waals surface area contributed by atoms with Gasteiger partial charge in [0.25, 0.3) is 0 Å². The highest BCUT2D eigenvalue weighted by molar-refractivity contribution is 5.84. The van der Waals surface area contributed by atoms with Gasteiger partial charge in [-0.1, -0.05) is 82.2 Å². The van der Waals surface area contributed by atoms with Crippen LogP contribution >= 0.6 is 0 Å². The van der Waals surface area contributed by atoms with Crippen LogP contribution < -0.4 is 0 Å². The molecular formula is C32H45F. The molecule has 2 aromatic carbocycles. The van der Waals surface area contributed by atoms with Gasteiger partial charge < -0.3 is 0 Å². The summed E-state index contributed by atoms with van der Waals surface area (Å²) in [5, 5.41) is 2.26. The first kappa shape index (κ1) is 24.5. The molecular weight excluding hydrogens is 403 g/mol. The molecule has 2 aliphatic carbocycles. The highest BCUT2D eigenvalue weighted by Crippen LogP contribution is 2.48. The molecule has 0 amide bonds. The highest BCUT2D eigenvalue weighted by Gasteiger charge is 2.35. The summed E-state index contributed by atoms with van der Waals surface area (Å²) in [6.07, 6.45) is 22.9. The largest absolute Gasteiger partial charge is 0.207 e. The number of benzene rings is 2. The van der Waals surface area contributed by atoms with Crippen LogP contribution in [0.2, 0.25) is 0 Å². The Balaban J connectivity index is 1.33. The topological polar surface area (TPSA) is 0 Å². The summed E-state index contributed by atoms with van der Waals surface area (Å²) in [7, 11) is 0. The van der Waals surface area contributed by atoms with Crippen LogP contribution in [0.3, 0.4) is 0 Å². The van der Waals surface area contributed by atoms with Crippen LogP contribution in [-0.2, 0) is 6.42 Å². The minimum Gasteiger partial charge on any atom is -0.207 e. The van der Waals surface area contributed by atoms with E-state index in [0.717, 1.165) is 41.5 Å². The standard InChI is InChI=1S/C32H45F/c1-3-5-7-8-10-11-24-13-14-26-20-27(16-15-25(26)19-24)28-17-18-29-21-30(12-9-6-4-2)32(33)23-31(29)22-28/h4,6,17-18,21-27H,3,5,7-16,19-20H2,1-2H3. The summed E-state index contributed by atoms with van der Waals surface area (Å²) in [5.74, 6) is 3.50. The summed E-state index contributed by atoms with van der Waals surface area (Å²) in [4.78, 5) is 0. The Hall–Kier alpha value is -1.63. The molecule has 2 aromatic rings. The normalized spacial score (nSPS) is 25.5. The molecule has 0 aromatic heterocycles. The predicted molar refractivity (Wildman–Crippen MR) is 141 cm³/mol. The van der Waals surface area contributed by atoms with E-state index in [1.807, 2.05) is 13.0 Å². The van der Waals surface area contributed by atoms with E-state index in [0.29, 0.717) is 5.92 Å². The highest BCUT2D eigenvalue weighted by atomic mass is 19.1. The molecule has 33 heavy (non-hydrogen) atoms. The van der Waals surface area contributed by atoms with Gasteiger partial charge in [0.15, 0.2) is 0 Å². The molecule has 0 bridgehead atoms. The summed E-state index contributed by atoms with van der Waals surface area (Å²) in [6, 6.07) is 10.7. The Morgan fingerprint density at radius 2 is 1.70 bits per heavy atom. The van der Waals surface area contributed by atoms with E-state index in [1.54, 1.807) is 6.07 Å². The maximum absolute atomic E-state index is 14.7. The molecule has 4 rings (SSSR count). The Bertz CT molecular complexity index is 910. The van der Waals surface area contributed by atoms with Gasteiger partial charge >= 0.3 is 0 Å². The van der Waals surface area contributed by atoms with Crippen molar-refractivity contribution in [2.75, 3.05) is 0 Å². The van der Waals surface area contributed by atoms with Crippen molar-refractivity contribution in [3.63, 3.8) is 0 Å². The van der Waals surface area contributed by atoms with Crippen LogP contribution in [0.25, 0.3) is 10.8 Å². The molecule has 2 aliphatic rings. The van der Waals surface area contributed by atoms with Gasteiger partial charge in [0.05, 0.1) is 0 Å². The molecule has 2 fully saturated rings. The van der Waals surface area contributed by atoms with E-state index in [4.69, 9.17) is 0 Å². The molecule has 0 nitrogen and oxygen atoms in total. The van der Waals surface area contributed by atoms with E-state index < -0.39 is 0 Å². The third-order valence-corrected chi connectivity index (χ3v) is 8.75. The van der Waals surface area contributed by atoms with Crippen molar-refractivity contribution in [3.05, 3.63) is 59.4 Å².